The minimum atomic E-state index is 0.0471. The highest BCUT2D eigenvalue weighted by Crippen LogP contribution is 2.25. The van der Waals surface area contributed by atoms with E-state index in [9.17, 15) is 4.79 Å². The van der Waals surface area contributed by atoms with Gasteiger partial charge in [0, 0.05) is 30.9 Å². The molecule has 1 amide bonds. The lowest BCUT2D eigenvalue weighted by Gasteiger charge is -2.32. The van der Waals surface area contributed by atoms with Gasteiger partial charge in [-0.25, -0.2) is 0 Å². The first-order chi connectivity index (χ1) is 12.3. The van der Waals surface area contributed by atoms with Gasteiger partial charge in [0.05, 0.1) is 5.52 Å². The Bertz CT molecular complexity index is 865. The summed E-state index contributed by atoms with van der Waals surface area (Å²) < 4.78 is 0. The number of hydrogen-bond donors (Lipinski definition) is 0. The summed E-state index contributed by atoms with van der Waals surface area (Å²) in [6.07, 6.45) is 6.62. The van der Waals surface area contributed by atoms with Gasteiger partial charge in [-0.15, -0.1) is 0 Å². The van der Waals surface area contributed by atoms with Gasteiger partial charge in [-0.1, -0.05) is 30.3 Å². The molecule has 25 heavy (non-hydrogen) atoms. The maximum absolute atomic E-state index is 12.5. The molecule has 126 valence electrons. The topological polar surface area (TPSA) is 46.1 Å². The molecule has 1 aliphatic heterocycles. The molecule has 4 rings (SSSR count). The van der Waals surface area contributed by atoms with E-state index in [1.54, 1.807) is 12.3 Å². The Hall–Kier alpha value is -2.75. The number of hydrogen-bond acceptors (Lipinski definition) is 3. The molecule has 0 unspecified atom stereocenters. The molecule has 0 atom stereocenters. The first-order valence-corrected chi connectivity index (χ1v) is 8.84. The fourth-order valence-corrected chi connectivity index (χ4v) is 3.63. The molecule has 0 N–H and O–H groups in total. The number of rotatable bonds is 3. The molecule has 0 aliphatic carbocycles. The Balaban J connectivity index is 1.41. The van der Waals surface area contributed by atoms with Crippen LogP contribution in [0, 0.1) is 5.92 Å². The zero-order valence-corrected chi connectivity index (χ0v) is 14.1. The summed E-state index contributed by atoms with van der Waals surface area (Å²) in [5.74, 6) is 0.645. The number of likely N-dealkylation sites (tertiary alicyclic amines) is 1. The summed E-state index contributed by atoms with van der Waals surface area (Å²) in [4.78, 5) is 23.2. The maximum atomic E-state index is 12.5. The van der Waals surface area contributed by atoms with Crippen molar-refractivity contribution in [3.05, 3.63) is 72.2 Å². The van der Waals surface area contributed by atoms with Gasteiger partial charge in [-0.05, 0) is 48.9 Å². The molecule has 1 saturated heterocycles. The molecule has 1 aliphatic rings. The van der Waals surface area contributed by atoms with E-state index in [2.05, 4.69) is 34.2 Å². The summed E-state index contributed by atoms with van der Waals surface area (Å²) in [5.41, 5.74) is 2.96. The van der Waals surface area contributed by atoms with Crippen LogP contribution in [-0.2, 0) is 6.42 Å². The quantitative estimate of drug-likeness (QED) is 0.735. The third-order valence-corrected chi connectivity index (χ3v) is 5.01. The van der Waals surface area contributed by atoms with E-state index < -0.39 is 0 Å². The van der Waals surface area contributed by atoms with E-state index in [4.69, 9.17) is 0 Å². The zero-order chi connectivity index (χ0) is 17.1. The predicted octanol–water partition coefficient (Wildman–Crippen LogP) is 3.72. The van der Waals surface area contributed by atoms with Crippen LogP contribution in [0.15, 0.2) is 60.9 Å². The third-order valence-electron chi connectivity index (χ3n) is 5.01. The SMILES string of the molecule is O=C(c1ccccn1)N1CCC(Cc2cccc3cccnc23)CC1. The van der Waals surface area contributed by atoms with Gasteiger partial charge in [0.15, 0.2) is 0 Å². The summed E-state index contributed by atoms with van der Waals surface area (Å²) in [5, 5.41) is 1.20. The van der Waals surface area contributed by atoms with E-state index in [1.165, 1.54) is 10.9 Å². The van der Waals surface area contributed by atoms with Crippen LogP contribution in [0.5, 0.6) is 0 Å². The smallest absolute Gasteiger partial charge is 0.272 e. The molecule has 0 saturated carbocycles. The molecule has 0 bridgehead atoms. The molecule has 1 aromatic carbocycles. The average Bonchev–Trinajstić information content (AvgIpc) is 2.69. The van der Waals surface area contributed by atoms with Crippen molar-refractivity contribution in [2.75, 3.05) is 13.1 Å². The number of pyridine rings is 2. The van der Waals surface area contributed by atoms with Gasteiger partial charge in [0.2, 0.25) is 0 Å². The molecular formula is C21H21N3O. The Morgan fingerprint density at radius 1 is 0.960 bits per heavy atom. The Morgan fingerprint density at radius 3 is 2.56 bits per heavy atom. The highest BCUT2D eigenvalue weighted by Gasteiger charge is 2.24. The molecule has 3 aromatic rings. The van der Waals surface area contributed by atoms with Gasteiger partial charge in [0.1, 0.15) is 5.69 Å². The summed E-state index contributed by atoms with van der Waals surface area (Å²) >= 11 is 0. The number of carbonyl (C=O) groups is 1. The van der Waals surface area contributed by atoms with Gasteiger partial charge in [-0.3, -0.25) is 14.8 Å². The Kier molecular flexibility index (Phi) is 4.42. The number of para-hydroxylation sites is 1. The van der Waals surface area contributed by atoms with Crippen molar-refractivity contribution in [3.8, 4) is 0 Å². The Labute approximate surface area is 147 Å². The maximum Gasteiger partial charge on any atom is 0.272 e. The summed E-state index contributed by atoms with van der Waals surface area (Å²) in [6.45, 7) is 1.61. The van der Waals surface area contributed by atoms with Crippen LogP contribution in [0.2, 0.25) is 0 Å². The fourth-order valence-electron chi connectivity index (χ4n) is 3.63. The number of piperidine rings is 1. The van der Waals surface area contributed by atoms with Crippen molar-refractivity contribution in [1.29, 1.82) is 0 Å². The summed E-state index contributed by atoms with van der Waals surface area (Å²) in [7, 11) is 0. The molecule has 2 aromatic heterocycles. The monoisotopic (exact) mass is 331 g/mol. The van der Waals surface area contributed by atoms with Gasteiger partial charge < -0.3 is 4.90 Å². The number of amides is 1. The van der Waals surface area contributed by atoms with Crippen LogP contribution in [0.1, 0.15) is 28.9 Å². The zero-order valence-electron chi connectivity index (χ0n) is 14.1. The normalized spacial score (nSPS) is 15.4. The lowest BCUT2D eigenvalue weighted by atomic mass is 9.89. The van der Waals surface area contributed by atoms with Crippen molar-refractivity contribution >= 4 is 16.8 Å². The fraction of sp³-hybridized carbons (Fsp3) is 0.286. The standard InChI is InChI=1S/C21H21N3O/c25-21(19-8-1-2-11-22-19)24-13-9-16(10-14-24)15-18-6-3-5-17-7-4-12-23-20(17)18/h1-8,11-12,16H,9-10,13-15H2. The van der Waals surface area contributed by atoms with Crippen molar-refractivity contribution in [1.82, 2.24) is 14.9 Å². The van der Waals surface area contributed by atoms with Crippen LogP contribution >= 0.6 is 0 Å². The van der Waals surface area contributed by atoms with E-state index in [0.717, 1.165) is 37.9 Å². The molecule has 1 fully saturated rings. The van der Waals surface area contributed by atoms with Crippen LogP contribution in [0.25, 0.3) is 10.9 Å². The van der Waals surface area contributed by atoms with Crippen molar-refractivity contribution in [3.63, 3.8) is 0 Å². The van der Waals surface area contributed by atoms with Crippen LogP contribution in [0.3, 0.4) is 0 Å². The number of nitrogens with zero attached hydrogens (tertiary/aromatic N) is 3. The molecular weight excluding hydrogens is 310 g/mol. The molecule has 0 spiro atoms. The van der Waals surface area contributed by atoms with Crippen LogP contribution in [0.4, 0.5) is 0 Å². The van der Waals surface area contributed by atoms with Gasteiger partial charge >= 0.3 is 0 Å². The highest BCUT2D eigenvalue weighted by molar-refractivity contribution is 5.92. The van der Waals surface area contributed by atoms with Crippen LogP contribution in [-0.4, -0.2) is 33.9 Å². The lowest BCUT2D eigenvalue weighted by molar-refractivity contribution is 0.0684. The second-order valence-electron chi connectivity index (χ2n) is 6.65. The average molecular weight is 331 g/mol. The summed E-state index contributed by atoms with van der Waals surface area (Å²) in [6, 6.07) is 16.0. The van der Waals surface area contributed by atoms with Crippen LogP contribution < -0.4 is 0 Å². The highest BCUT2D eigenvalue weighted by atomic mass is 16.2. The third kappa shape index (κ3) is 3.38. The predicted molar refractivity (Wildman–Crippen MR) is 98.3 cm³/mol. The molecule has 3 heterocycles. The van der Waals surface area contributed by atoms with Gasteiger partial charge in [-0.2, -0.15) is 0 Å². The number of carbonyl (C=O) groups excluding carboxylic acids is 1. The Morgan fingerprint density at radius 2 is 1.76 bits per heavy atom. The number of fused-ring (bicyclic) bond motifs is 1. The van der Waals surface area contributed by atoms with Gasteiger partial charge in [0.25, 0.3) is 5.91 Å². The number of benzene rings is 1. The van der Waals surface area contributed by atoms with Crippen molar-refractivity contribution in [2.24, 2.45) is 5.92 Å². The number of aromatic nitrogens is 2. The van der Waals surface area contributed by atoms with E-state index in [1.807, 2.05) is 29.3 Å². The molecule has 0 radical (unpaired) electrons. The van der Waals surface area contributed by atoms with E-state index >= 15 is 0 Å². The van der Waals surface area contributed by atoms with Crippen molar-refractivity contribution < 1.29 is 4.79 Å². The minimum Gasteiger partial charge on any atom is -0.337 e. The first kappa shape index (κ1) is 15.8. The van der Waals surface area contributed by atoms with E-state index in [-0.39, 0.29) is 5.91 Å². The van der Waals surface area contributed by atoms with Crippen molar-refractivity contribution in [2.45, 2.75) is 19.3 Å². The second-order valence-corrected chi connectivity index (χ2v) is 6.65. The molecule has 4 heteroatoms. The lowest BCUT2D eigenvalue weighted by Crippen LogP contribution is -2.39. The first-order valence-electron chi connectivity index (χ1n) is 8.84. The molecule has 4 nitrogen and oxygen atoms in total. The largest absolute Gasteiger partial charge is 0.337 e. The second kappa shape index (κ2) is 7.01. The minimum absolute atomic E-state index is 0.0471. The van der Waals surface area contributed by atoms with E-state index in [0.29, 0.717) is 11.6 Å².